The van der Waals surface area contributed by atoms with Crippen molar-refractivity contribution >= 4 is 35.0 Å². The smallest absolute Gasteiger partial charge is 0.292 e. The van der Waals surface area contributed by atoms with Crippen molar-refractivity contribution in [3.05, 3.63) is 107 Å². The Balaban J connectivity index is 1.56. The minimum atomic E-state index is -0.0202. The Bertz CT molecular complexity index is 1320. The van der Waals surface area contributed by atoms with Crippen LogP contribution in [0.5, 0.6) is 0 Å². The van der Waals surface area contributed by atoms with Crippen LogP contribution in [0.2, 0.25) is 0 Å². The molecule has 1 heterocycles. The number of carbonyl (C=O) groups is 1. The number of benzene rings is 2. The molecule has 0 N–H and O–H groups in total. The van der Waals surface area contributed by atoms with E-state index in [0.29, 0.717) is 12.3 Å². The van der Waals surface area contributed by atoms with Gasteiger partial charge in [0.15, 0.2) is 5.76 Å². The van der Waals surface area contributed by atoms with Gasteiger partial charge in [0.05, 0.1) is 4.88 Å². The van der Waals surface area contributed by atoms with E-state index in [4.69, 9.17) is 10.00 Å². The van der Waals surface area contributed by atoms with Crippen LogP contribution in [0.25, 0.3) is 5.76 Å². The molecule has 1 fully saturated rings. The Morgan fingerprint density at radius 2 is 1.77 bits per heavy atom. The fraction of sp³-hybridized carbons (Fsp3) is 0.312. The fourth-order valence-electron chi connectivity index (χ4n) is 5.16. The molecule has 3 aromatic rings. The summed E-state index contributed by atoms with van der Waals surface area (Å²) in [5.41, 5.74) is 3.45. The maximum atomic E-state index is 13.5. The number of nitrogens with zero attached hydrogens (tertiary/aromatic N) is 3. The molecule has 3 atom stereocenters. The second kappa shape index (κ2) is 13.7. The van der Waals surface area contributed by atoms with Crippen molar-refractivity contribution in [1.29, 1.82) is 5.26 Å². The summed E-state index contributed by atoms with van der Waals surface area (Å²) >= 11 is 3.17. The predicted molar refractivity (Wildman–Crippen MR) is 161 cm³/mol. The third-order valence-electron chi connectivity index (χ3n) is 7.16. The van der Waals surface area contributed by atoms with Gasteiger partial charge in [-0.1, -0.05) is 79.4 Å². The first-order valence-corrected chi connectivity index (χ1v) is 14.8. The fourth-order valence-corrected chi connectivity index (χ4v) is 7.47. The highest BCUT2D eigenvalue weighted by atomic mass is 32.2. The van der Waals surface area contributed by atoms with Gasteiger partial charge in [-0.25, -0.2) is 4.31 Å². The van der Waals surface area contributed by atoms with E-state index in [9.17, 15) is 4.79 Å². The van der Waals surface area contributed by atoms with Gasteiger partial charge in [0.1, 0.15) is 0 Å². The number of amides is 1. The van der Waals surface area contributed by atoms with Gasteiger partial charge in [-0.15, -0.1) is 16.6 Å². The lowest BCUT2D eigenvalue weighted by molar-refractivity contribution is -0.134. The van der Waals surface area contributed by atoms with Gasteiger partial charge < -0.3 is 9.64 Å². The molecule has 2 aromatic carbocycles. The average Bonchev–Trinajstić information content (AvgIpc) is 3.61. The molecule has 1 amide bonds. The first kappa shape index (κ1) is 28.7. The molecule has 39 heavy (non-hydrogen) atoms. The van der Waals surface area contributed by atoms with Crippen LogP contribution in [0.15, 0.2) is 95.7 Å². The molecule has 202 valence electrons. The molecule has 1 aliphatic carbocycles. The lowest BCUT2D eigenvalue weighted by Gasteiger charge is -2.36. The molecule has 0 aliphatic heterocycles. The minimum absolute atomic E-state index is 0.0202. The number of ether oxygens (including phenoxy) is 1. The maximum absolute atomic E-state index is 13.5. The molecule has 7 heteroatoms. The summed E-state index contributed by atoms with van der Waals surface area (Å²) in [7, 11) is 1.90. The molecule has 3 unspecified atom stereocenters. The second-order valence-electron chi connectivity index (χ2n) is 10.1. The van der Waals surface area contributed by atoms with E-state index in [2.05, 4.69) is 60.8 Å². The van der Waals surface area contributed by atoms with Crippen molar-refractivity contribution in [3.8, 4) is 6.26 Å². The van der Waals surface area contributed by atoms with Crippen LogP contribution in [0.4, 0.5) is 0 Å². The van der Waals surface area contributed by atoms with Crippen molar-refractivity contribution < 1.29 is 9.53 Å². The monoisotopic (exact) mass is 557 g/mol. The summed E-state index contributed by atoms with van der Waals surface area (Å²) in [5.74, 6) is 0.535. The van der Waals surface area contributed by atoms with Crippen LogP contribution in [0.3, 0.4) is 0 Å². The summed E-state index contributed by atoms with van der Waals surface area (Å²) in [5, 5.41) is 11.0. The van der Waals surface area contributed by atoms with Gasteiger partial charge in [0, 0.05) is 36.5 Å². The Kier molecular flexibility index (Phi) is 10.0. The Labute approximate surface area is 240 Å². The summed E-state index contributed by atoms with van der Waals surface area (Å²) in [6.07, 6.45) is 5.13. The maximum Gasteiger partial charge on any atom is 0.292 e. The first-order valence-electron chi connectivity index (χ1n) is 13.1. The molecule has 5 nitrogen and oxygen atoms in total. The van der Waals surface area contributed by atoms with Gasteiger partial charge >= 0.3 is 0 Å². The highest BCUT2D eigenvalue weighted by molar-refractivity contribution is 7.97. The molecule has 0 spiro atoms. The van der Waals surface area contributed by atoms with Gasteiger partial charge in [-0.05, 0) is 67.1 Å². The number of hydrogen-bond acceptors (Lipinski definition) is 6. The Morgan fingerprint density at radius 1 is 1.10 bits per heavy atom. The van der Waals surface area contributed by atoms with Gasteiger partial charge in [-0.3, -0.25) is 4.79 Å². The van der Waals surface area contributed by atoms with Gasteiger partial charge in [-0.2, -0.15) is 0 Å². The van der Waals surface area contributed by atoms with Crippen LogP contribution in [-0.2, 0) is 22.5 Å². The molecule has 1 aliphatic rings. The van der Waals surface area contributed by atoms with Crippen LogP contribution in [0.1, 0.15) is 42.2 Å². The number of carbonyl (C=O) groups excluding carboxylic acids is 1. The summed E-state index contributed by atoms with van der Waals surface area (Å²) in [4.78, 5) is 17.2. The van der Waals surface area contributed by atoms with Crippen LogP contribution in [0, 0.1) is 17.4 Å². The lowest BCUT2D eigenvalue weighted by Crippen LogP contribution is -2.40. The van der Waals surface area contributed by atoms with Gasteiger partial charge in [0.25, 0.3) is 6.26 Å². The third-order valence-corrected chi connectivity index (χ3v) is 9.54. The number of hydrogen-bond donors (Lipinski definition) is 0. The van der Waals surface area contributed by atoms with Crippen LogP contribution >= 0.6 is 23.3 Å². The highest BCUT2D eigenvalue weighted by Crippen LogP contribution is 2.43. The standard InChI is InChI=1S/C32H35N3O2S2/c1-23(2)29(19-25-11-7-5-8-12-25)35(39-30-17-18-38-31(30)24(3)37-22-33)28-16-15-27(20-28)32(36)34(4)21-26-13-9-6-10-14-26/h5-14,17-18,27-29H,1,3,15-16,19-21H2,2,4H3. The highest BCUT2D eigenvalue weighted by Gasteiger charge is 2.38. The Hall–Kier alpha value is -3.31. The lowest BCUT2D eigenvalue weighted by atomic mass is 9.99. The molecular weight excluding hydrogens is 523 g/mol. The molecule has 0 saturated heterocycles. The van der Waals surface area contributed by atoms with E-state index < -0.39 is 0 Å². The average molecular weight is 558 g/mol. The SMILES string of the molecule is C=C(OC#N)c1sccc1SN(C1CCC(C(=O)N(C)Cc2ccccc2)C1)C(Cc1ccccc1)C(=C)C. The second-order valence-corrected chi connectivity index (χ2v) is 12.0. The van der Waals surface area contributed by atoms with Crippen molar-refractivity contribution in [3.63, 3.8) is 0 Å². The van der Waals surface area contributed by atoms with E-state index in [1.807, 2.05) is 47.7 Å². The van der Waals surface area contributed by atoms with Crippen molar-refractivity contribution in [2.24, 2.45) is 5.92 Å². The minimum Gasteiger partial charge on any atom is -0.387 e. The van der Waals surface area contributed by atoms with E-state index in [0.717, 1.165) is 46.6 Å². The zero-order valence-corrected chi connectivity index (χ0v) is 24.2. The number of rotatable bonds is 12. The molecule has 4 rings (SSSR count). The molecular formula is C32H35N3O2S2. The van der Waals surface area contributed by atoms with E-state index in [-0.39, 0.29) is 23.9 Å². The van der Waals surface area contributed by atoms with E-state index in [1.54, 1.807) is 18.2 Å². The quantitative estimate of drug-likeness (QED) is 0.0996. The van der Waals surface area contributed by atoms with Crippen molar-refractivity contribution in [1.82, 2.24) is 9.21 Å². The number of nitriles is 1. The summed E-state index contributed by atoms with van der Waals surface area (Å²) in [6.45, 7) is 11.0. The normalized spacial score (nSPS) is 17.4. The van der Waals surface area contributed by atoms with Crippen molar-refractivity contribution in [2.45, 2.75) is 56.1 Å². The predicted octanol–water partition coefficient (Wildman–Crippen LogP) is 7.54. The zero-order valence-electron chi connectivity index (χ0n) is 22.6. The van der Waals surface area contributed by atoms with E-state index in [1.165, 1.54) is 16.9 Å². The van der Waals surface area contributed by atoms with Crippen LogP contribution < -0.4 is 0 Å². The summed E-state index contributed by atoms with van der Waals surface area (Å²) < 4.78 is 7.52. The van der Waals surface area contributed by atoms with Crippen molar-refractivity contribution in [2.75, 3.05) is 7.05 Å². The molecule has 1 saturated carbocycles. The van der Waals surface area contributed by atoms with Gasteiger partial charge in [0.2, 0.25) is 5.91 Å². The molecule has 1 aromatic heterocycles. The third kappa shape index (κ3) is 7.42. The topological polar surface area (TPSA) is 56.6 Å². The van der Waals surface area contributed by atoms with Crippen LogP contribution in [-0.4, -0.2) is 34.2 Å². The Morgan fingerprint density at radius 3 is 2.41 bits per heavy atom. The molecule has 0 bridgehead atoms. The summed E-state index contributed by atoms with van der Waals surface area (Å²) in [6, 6.07) is 22.9. The number of thiophene rings is 1. The largest absolute Gasteiger partial charge is 0.387 e. The first-order chi connectivity index (χ1) is 18.9. The molecule has 0 radical (unpaired) electrons. The zero-order chi connectivity index (χ0) is 27.8. The van der Waals surface area contributed by atoms with E-state index >= 15 is 0 Å².